The molecule has 9 unspecified atom stereocenters. The second-order valence-corrected chi connectivity index (χ2v) is 14.9. The number of hydrogen-bond donors (Lipinski definition) is 2. The number of rotatable bonds is 16. The second kappa shape index (κ2) is 14.6. The van der Waals surface area contributed by atoms with Gasteiger partial charge in [0.25, 0.3) is 0 Å². The molecule has 0 heterocycles. The second-order valence-electron chi connectivity index (χ2n) is 14.9. The lowest BCUT2D eigenvalue weighted by atomic mass is 9.56. The number of aliphatic hydroxyl groups excluding tert-OH is 2. The molecule has 4 aliphatic rings. The van der Waals surface area contributed by atoms with Crippen molar-refractivity contribution in [3.8, 4) is 0 Å². The summed E-state index contributed by atoms with van der Waals surface area (Å²) in [6.45, 7) is 13.3. The van der Waals surface area contributed by atoms with E-state index in [0.29, 0.717) is 80.6 Å². The number of hydrogen-bond acceptors (Lipinski definition) is 8. The summed E-state index contributed by atoms with van der Waals surface area (Å²) in [7, 11) is 3.46. The molecule has 240 valence electrons. The Labute approximate surface area is 249 Å². The molecule has 4 fully saturated rings. The lowest BCUT2D eigenvalue weighted by molar-refractivity contribution is -0.142. The minimum Gasteiger partial charge on any atom is -0.382 e. The van der Waals surface area contributed by atoms with Crippen LogP contribution in [0.4, 0.5) is 0 Å². The van der Waals surface area contributed by atoms with Crippen LogP contribution in [0.15, 0.2) is 0 Å². The Kier molecular flexibility index (Phi) is 12.0. The van der Waals surface area contributed by atoms with Crippen molar-refractivity contribution >= 4 is 0 Å². The zero-order valence-corrected chi connectivity index (χ0v) is 26.8. The highest BCUT2D eigenvalue weighted by molar-refractivity contribution is 5.18. The smallest absolute Gasteiger partial charge is 0.143 e. The molecule has 1 spiro atoms. The van der Waals surface area contributed by atoms with Crippen molar-refractivity contribution in [2.24, 2.45) is 51.8 Å². The number of ether oxygens (including phenoxy) is 6. The first-order chi connectivity index (χ1) is 19.6. The van der Waals surface area contributed by atoms with Gasteiger partial charge in [0.2, 0.25) is 0 Å². The van der Waals surface area contributed by atoms with Crippen molar-refractivity contribution in [2.75, 3.05) is 67.4 Å². The fourth-order valence-electron chi connectivity index (χ4n) is 10.5. The Bertz CT molecular complexity index is 723. The minimum atomic E-state index is -0.218. The van der Waals surface area contributed by atoms with Gasteiger partial charge in [0, 0.05) is 27.4 Å². The van der Waals surface area contributed by atoms with Gasteiger partial charge in [-0.2, -0.15) is 0 Å². The highest BCUT2D eigenvalue weighted by Crippen LogP contribution is 2.75. The lowest BCUT2D eigenvalue weighted by Crippen LogP contribution is -2.48. The molecule has 9 atom stereocenters. The van der Waals surface area contributed by atoms with E-state index in [1.165, 1.54) is 25.7 Å². The van der Waals surface area contributed by atoms with Gasteiger partial charge < -0.3 is 38.6 Å². The average molecular weight is 585 g/mol. The van der Waals surface area contributed by atoms with Gasteiger partial charge in [-0.3, -0.25) is 0 Å². The molecule has 0 aromatic heterocycles. The van der Waals surface area contributed by atoms with Crippen LogP contribution < -0.4 is 0 Å². The largest absolute Gasteiger partial charge is 0.382 e. The molecule has 4 rings (SSSR count). The maximum absolute atomic E-state index is 9.29. The monoisotopic (exact) mass is 584 g/mol. The van der Waals surface area contributed by atoms with Gasteiger partial charge in [-0.15, -0.1) is 0 Å². The predicted molar refractivity (Wildman–Crippen MR) is 157 cm³/mol. The molecule has 2 N–H and O–H groups in total. The summed E-state index contributed by atoms with van der Waals surface area (Å²) < 4.78 is 34.5. The van der Waals surface area contributed by atoms with E-state index < -0.39 is 0 Å². The fraction of sp³-hybridized carbons (Fsp3) is 1.00. The highest BCUT2D eigenvalue weighted by Gasteiger charge is 2.69. The molecule has 0 aliphatic heterocycles. The van der Waals surface area contributed by atoms with E-state index in [-0.39, 0.29) is 36.6 Å². The molecular formula is C33H60O8. The van der Waals surface area contributed by atoms with Crippen LogP contribution in [-0.4, -0.2) is 89.9 Å². The molecule has 4 saturated carbocycles. The molecule has 41 heavy (non-hydrogen) atoms. The molecule has 0 radical (unpaired) electrons. The Hall–Kier alpha value is -0.320. The first-order valence-corrected chi connectivity index (χ1v) is 16.2. The third-order valence-electron chi connectivity index (χ3n) is 11.9. The Balaban J connectivity index is 1.61. The standard InChI is InChI=1S/C33H60O8/c1-31(2)19-33(27-16-24(8-10-39-22-35)23(15-25(27)31)7-9-38-21-34)20-32(3,4)26-17-29(40-13-11-36-5)30(18-28(26)33)41-14-12-37-6/h23-30,34-35H,7-22H2,1-6H3. The Morgan fingerprint density at radius 1 is 0.561 bits per heavy atom. The van der Waals surface area contributed by atoms with Crippen LogP contribution in [-0.2, 0) is 28.4 Å². The van der Waals surface area contributed by atoms with Crippen molar-refractivity contribution in [3.63, 3.8) is 0 Å². The normalized spacial score (nSPS) is 39.2. The van der Waals surface area contributed by atoms with E-state index >= 15 is 0 Å². The maximum atomic E-state index is 9.29. The summed E-state index contributed by atoms with van der Waals surface area (Å²) in [6, 6.07) is 0. The summed E-state index contributed by atoms with van der Waals surface area (Å²) in [5, 5.41) is 18.5. The predicted octanol–water partition coefficient (Wildman–Crippen LogP) is 4.89. The third-order valence-corrected chi connectivity index (χ3v) is 11.9. The van der Waals surface area contributed by atoms with E-state index in [1.807, 2.05) is 0 Å². The first kappa shape index (κ1) is 33.6. The highest BCUT2D eigenvalue weighted by atomic mass is 16.6. The van der Waals surface area contributed by atoms with Gasteiger partial charge in [-0.1, -0.05) is 27.7 Å². The van der Waals surface area contributed by atoms with E-state index in [4.69, 9.17) is 28.4 Å². The van der Waals surface area contributed by atoms with Gasteiger partial charge in [-0.05, 0) is 103 Å². The quantitative estimate of drug-likeness (QED) is 0.196. The average Bonchev–Trinajstić information content (AvgIpc) is 3.28. The van der Waals surface area contributed by atoms with E-state index in [1.54, 1.807) is 14.2 Å². The molecule has 0 aromatic rings. The zero-order valence-electron chi connectivity index (χ0n) is 26.8. The molecule has 0 aromatic carbocycles. The third kappa shape index (κ3) is 7.33. The van der Waals surface area contributed by atoms with Crippen molar-refractivity contribution in [2.45, 2.75) is 91.3 Å². The molecule has 0 bridgehead atoms. The summed E-state index contributed by atoms with van der Waals surface area (Å²) in [5.41, 5.74) is 0.819. The van der Waals surface area contributed by atoms with Crippen LogP contribution >= 0.6 is 0 Å². The van der Waals surface area contributed by atoms with Gasteiger partial charge in [0.05, 0.1) is 38.6 Å². The van der Waals surface area contributed by atoms with Crippen LogP contribution in [0.3, 0.4) is 0 Å². The summed E-state index contributed by atoms with van der Waals surface area (Å²) in [5.74, 6) is 3.67. The molecule has 8 nitrogen and oxygen atoms in total. The Morgan fingerprint density at radius 2 is 0.976 bits per heavy atom. The van der Waals surface area contributed by atoms with Gasteiger partial charge >= 0.3 is 0 Å². The van der Waals surface area contributed by atoms with E-state index in [9.17, 15) is 10.2 Å². The molecule has 0 saturated heterocycles. The zero-order chi connectivity index (χ0) is 29.7. The van der Waals surface area contributed by atoms with E-state index in [0.717, 1.165) is 25.7 Å². The molecule has 4 aliphatic carbocycles. The number of aliphatic hydroxyl groups is 2. The lowest BCUT2D eigenvalue weighted by Gasteiger charge is -2.50. The number of methoxy groups -OCH3 is 2. The molecule has 8 heteroatoms. The van der Waals surface area contributed by atoms with Crippen LogP contribution in [0.25, 0.3) is 0 Å². The minimum absolute atomic E-state index is 0.0805. The topological polar surface area (TPSA) is 95.8 Å². The van der Waals surface area contributed by atoms with Gasteiger partial charge in [-0.25, -0.2) is 0 Å². The van der Waals surface area contributed by atoms with Gasteiger partial charge in [0.1, 0.15) is 13.6 Å². The van der Waals surface area contributed by atoms with Crippen molar-refractivity contribution in [3.05, 3.63) is 0 Å². The number of fused-ring (bicyclic) bond motifs is 4. The van der Waals surface area contributed by atoms with Crippen LogP contribution in [0.2, 0.25) is 0 Å². The fourth-order valence-corrected chi connectivity index (χ4v) is 10.5. The summed E-state index contributed by atoms with van der Waals surface area (Å²) in [4.78, 5) is 0. The Morgan fingerprint density at radius 3 is 1.44 bits per heavy atom. The van der Waals surface area contributed by atoms with Crippen LogP contribution in [0.1, 0.15) is 79.1 Å². The molecule has 0 amide bonds. The van der Waals surface area contributed by atoms with Crippen molar-refractivity contribution in [1.29, 1.82) is 0 Å². The van der Waals surface area contributed by atoms with Crippen LogP contribution in [0, 0.1) is 51.8 Å². The van der Waals surface area contributed by atoms with Crippen LogP contribution in [0.5, 0.6) is 0 Å². The summed E-state index contributed by atoms with van der Waals surface area (Å²) in [6.07, 6.45) is 9.21. The molecular weight excluding hydrogens is 524 g/mol. The SMILES string of the molecule is COCCOC1CC2C(CC1OCCOC)C1(CC(C)(C)C3CC(CCOCO)C(CCOCO)CC31)CC2(C)C. The van der Waals surface area contributed by atoms with Crippen molar-refractivity contribution < 1.29 is 38.6 Å². The first-order valence-electron chi connectivity index (χ1n) is 16.2. The van der Waals surface area contributed by atoms with E-state index in [2.05, 4.69) is 27.7 Å². The van der Waals surface area contributed by atoms with Crippen molar-refractivity contribution in [1.82, 2.24) is 0 Å². The maximum Gasteiger partial charge on any atom is 0.143 e. The van der Waals surface area contributed by atoms with Gasteiger partial charge in [0.15, 0.2) is 0 Å². The summed E-state index contributed by atoms with van der Waals surface area (Å²) >= 11 is 0.